The Bertz CT molecular complexity index is 434. The number of hydrogen-bond acceptors (Lipinski definition) is 0. The van der Waals surface area contributed by atoms with E-state index in [9.17, 15) is 0 Å². The van der Waals surface area contributed by atoms with Crippen LogP contribution in [-0.2, 0) is 0 Å². The number of hydrogen-bond donors (Lipinski definition) is 0. The first-order valence-electron chi connectivity index (χ1n) is 6.46. The number of benzene rings is 1. The van der Waals surface area contributed by atoms with Crippen molar-refractivity contribution in [3.63, 3.8) is 0 Å². The van der Waals surface area contributed by atoms with E-state index in [2.05, 4.69) is 89.4 Å². The molecule has 18 heavy (non-hydrogen) atoms. The maximum atomic E-state index is 2.43. The van der Waals surface area contributed by atoms with Gasteiger partial charge >= 0.3 is 0 Å². The highest BCUT2D eigenvalue weighted by atomic mass is 32.3. The average Bonchev–Trinajstić information content (AvgIpc) is 2.34. The minimum absolute atomic E-state index is 0.260. The van der Waals surface area contributed by atoms with Gasteiger partial charge in [-0.25, -0.2) is 0 Å². The second-order valence-electron chi connectivity index (χ2n) is 5.65. The Balaban J connectivity index is 3.38. The van der Waals surface area contributed by atoms with E-state index in [-0.39, 0.29) is 4.75 Å². The quantitative estimate of drug-likeness (QED) is 0.608. The summed E-state index contributed by atoms with van der Waals surface area (Å²) in [5.41, 5.74) is 0. The summed E-state index contributed by atoms with van der Waals surface area (Å²) < 4.78 is 0.260. The van der Waals surface area contributed by atoms with Gasteiger partial charge in [-0.15, -0.1) is 0 Å². The zero-order valence-corrected chi connectivity index (χ0v) is 13.3. The Labute approximate surface area is 114 Å². The number of allylic oxidation sites excluding steroid dienone is 4. The lowest BCUT2D eigenvalue weighted by Gasteiger charge is -2.49. The topological polar surface area (TPSA) is 0 Å². The Morgan fingerprint density at radius 3 is 2.11 bits per heavy atom. The first-order chi connectivity index (χ1) is 8.34. The van der Waals surface area contributed by atoms with E-state index in [4.69, 9.17) is 0 Å². The Morgan fingerprint density at radius 2 is 1.67 bits per heavy atom. The molecule has 0 amide bonds. The van der Waals surface area contributed by atoms with Crippen LogP contribution in [0.15, 0.2) is 58.4 Å². The molecule has 1 atom stereocenters. The second kappa shape index (κ2) is 5.79. The van der Waals surface area contributed by atoms with Gasteiger partial charge in [0.2, 0.25) is 0 Å². The molecule has 1 heteroatoms. The third-order valence-electron chi connectivity index (χ3n) is 3.61. The monoisotopic (exact) mass is 262 g/mol. The predicted molar refractivity (Wildman–Crippen MR) is 86.5 cm³/mol. The van der Waals surface area contributed by atoms with E-state index in [1.54, 1.807) is 0 Å². The molecule has 0 nitrogen and oxygen atoms in total. The Morgan fingerprint density at radius 1 is 1.11 bits per heavy atom. The van der Waals surface area contributed by atoms with Crippen molar-refractivity contribution in [1.82, 2.24) is 0 Å². The minimum Gasteiger partial charge on any atom is -0.190 e. The van der Waals surface area contributed by atoms with Crippen LogP contribution in [0.4, 0.5) is 0 Å². The standard InChI is InChI=1S/C17H26S/c1-7-8-12-15(2)18(6,17(3,4)5)16-13-10-9-11-14-16/h7-14H,1-6H3/b8-7-,15-12+. The fourth-order valence-corrected chi connectivity index (χ4v) is 5.18. The smallest absolute Gasteiger partial charge is 0.00107 e. The molecule has 1 aromatic carbocycles. The summed E-state index contributed by atoms with van der Waals surface area (Å²) in [6.45, 7) is 11.4. The third kappa shape index (κ3) is 2.89. The molecule has 1 aromatic rings. The molecule has 1 unspecified atom stereocenters. The second-order valence-corrected chi connectivity index (χ2v) is 9.82. The lowest BCUT2D eigenvalue weighted by molar-refractivity contribution is 0.786. The van der Waals surface area contributed by atoms with Crippen LogP contribution in [-0.4, -0.2) is 11.0 Å². The van der Waals surface area contributed by atoms with Crippen molar-refractivity contribution in [2.45, 2.75) is 44.3 Å². The molecule has 100 valence electrons. The molecular weight excluding hydrogens is 236 g/mol. The highest BCUT2D eigenvalue weighted by molar-refractivity contribution is 8.37. The molecule has 0 aliphatic heterocycles. The molecule has 0 saturated heterocycles. The third-order valence-corrected chi connectivity index (χ3v) is 8.70. The molecule has 1 rings (SSSR count). The van der Waals surface area contributed by atoms with Gasteiger partial charge in [0.15, 0.2) is 0 Å². The van der Waals surface area contributed by atoms with Crippen LogP contribution < -0.4 is 0 Å². The van der Waals surface area contributed by atoms with Gasteiger partial charge in [0.25, 0.3) is 0 Å². The predicted octanol–water partition coefficient (Wildman–Crippen LogP) is 5.76. The van der Waals surface area contributed by atoms with Gasteiger partial charge in [-0.3, -0.25) is 0 Å². The van der Waals surface area contributed by atoms with Gasteiger partial charge in [0.05, 0.1) is 0 Å². The molecule has 0 radical (unpaired) electrons. The van der Waals surface area contributed by atoms with Crippen molar-refractivity contribution >= 4 is 10.0 Å². The van der Waals surface area contributed by atoms with Crippen molar-refractivity contribution < 1.29 is 0 Å². The molecule has 0 fully saturated rings. The molecule has 0 saturated carbocycles. The van der Waals surface area contributed by atoms with Crippen molar-refractivity contribution in [3.8, 4) is 0 Å². The molecule has 0 N–H and O–H groups in total. The Hall–Kier alpha value is -0.950. The molecule has 0 aliphatic rings. The van der Waals surface area contributed by atoms with Crippen LogP contribution in [0.1, 0.15) is 34.6 Å². The fraction of sp³-hybridized carbons (Fsp3) is 0.412. The van der Waals surface area contributed by atoms with E-state index in [1.165, 1.54) is 9.80 Å². The van der Waals surface area contributed by atoms with E-state index >= 15 is 0 Å². The van der Waals surface area contributed by atoms with Crippen LogP contribution in [0.5, 0.6) is 0 Å². The summed E-state index contributed by atoms with van der Waals surface area (Å²) in [7, 11) is -0.975. The first-order valence-corrected chi connectivity index (χ1v) is 8.51. The van der Waals surface area contributed by atoms with Gasteiger partial charge < -0.3 is 0 Å². The summed E-state index contributed by atoms with van der Waals surface area (Å²) in [5, 5.41) is 0. The maximum Gasteiger partial charge on any atom is -0.00107 e. The summed E-state index contributed by atoms with van der Waals surface area (Å²) in [5.74, 6) is 0. The zero-order chi connectivity index (χ0) is 13.8. The summed E-state index contributed by atoms with van der Waals surface area (Å²) in [4.78, 5) is 2.95. The molecular formula is C17H26S. The minimum atomic E-state index is -0.975. The highest BCUT2D eigenvalue weighted by Gasteiger charge is 2.35. The van der Waals surface area contributed by atoms with Crippen LogP contribution in [0.25, 0.3) is 0 Å². The van der Waals surface area contributed by atoms with Crippen molar-refractivity contribution in [1.29, 1.82) is 0 Å². The van der Waals surface area contributed by atoms with E-state index in [1.807, 2.05) is 0 Å². The Kier molecular flexibility index (Phi) is 4.86. The first kappa shape index (κ1) is 15.1. The van der Waals surface area contributed by atoms with Gasteiger partial charge in [0.1, 0.15) is 0 Å². The van der Waals surface area contributed by atoms with Gasteiger partial charge in [-0.05, 0) is 46.8 Å². The summed E-state index contributed by atoms with van der Waals surface area (Å²) in [6, 6.07) is 10.9. The van der Waals surface area contributed by atoms with Crippen molar-refractivity contribution in [2.75, 3.05) is 6.26 Å². The zero-order valence-electron chi connectivity index (χ0n) is 12.5. The fourth-order valence-electron chi connectivity index (χ4n) is 2.08. The van der Waals surface area contributed by atoms with E-state index < -0.39 is 10.0 Å². The maximum absolute atomic E-state index is 2.43. The van der Waals surface area contributed by atoms with Crippen molar-refractivity contribution in [3.05, 3.63) is 53.5 Å². The molecule has 0 bridgehead atoms. The molecule has 0 spiro atoms. The lowest BCUT2D eigenvalue weighted by Crippen LogP contribution is -2.25. The van der Waals surface area contributed by atoms with Crippen LogP contribution >= 0.6 is 10.0 Å². The van der Waals surface area contributed by atoms with Crippen LogP contribution in [0.2, 0.25) is 0 Å². The molecule has 0 aromatic heterocycles. The lowest BCUT2D eigenvalue weighted by atomic mass is 10.3. The molecule has 0 aliphatic carbocycles. The van der Waals surface area contributed by atoms with Gasteiger partial charge in [-0.1, -0.05) is 57.2 Å². The number of rotatable bonds is 3. The van der Waals surface area contributed by atoms with Crippen LogP contribution in [0.3, 0.4) is 0 Å². The average molecular weight is 262 g/mol. The largest absolute Gasteiger partial charge is 0.190 e. The van der Waals surface area contributed by atoms with Crippen molar-refractivity contribution in [2.24, 2.45) is 0 Å². The normalized spacial score (nSPS) is 18.7. The van der Waals surface area contributed by atoms with E-state index in [0.29, 0.717) is 0 Å². The SMILES string of the molecule is C/C=C\C=C(/C)S(C)(c1ccccc1)C(C)(C)C. The summed E-state index contributed by atoms with van der Waals surface area (Å²) >= 11 is 0. The van der Waals surface area contributed by atoms with Gasteiger partial charge in [-0.2, -0.15) is 10.0 Å². The highest BCUT2D eigenvalue weighted by Crippen LogP contribution is 2.67. The molecule has 0 heterocycles. The van der Waals surface area contributed by atoms with Gasteiger partial charge in [0, 0.05) is 0 Å². The van der Waals surface area contributed by atoms with Crippen LogP contribution in [0, 0.1) is 0 Å². The van der Waals surface area contributed by atoms with E-state index in [0.717, 1.165) is 0 Å². The summed E-state index contributed by atoms with van der Waals surface area (Å²) in [6.07, 6.45) is 8.94.